The second kappa shape index (κ2) is 22.5. The molecule has 0 unspecified atom stereocenters. The molecule has 0 heterocycles. The monoisotopic (exact) mass is 700 g/mol. The number of carboxylic acid groups (broad SMARTS) is 2. The van der Waals surface area contributed by atoms with Gasteiger partial charge in [-0.3, -0.25) is 38.6 Å². The molecule has 0 saturated carbocycles. The molecule has 0 rings (SSSR count). The minimum absolute atomic E-state index is 0.0159. The largest absolute Gasteiger partial charge is 0.481 e. The Labute approximate surface area is 284 Å². The summed E-state index contributed by atoms with van der Waals surface area (Å²) in [6, 6.07) is -6.40. The lowest BCUT2D eigenvalue weighted by Crippen LogP contribution is -2.59. The molecule has 0 aliphatic rings. The predicted molar refractivity (Wildman–Crippen MR) is 176 cm³/mol. The number of amides is 6. The number of nitrogens with one attached hydrogen (secondary N) is 5. The molecule has 0 spiro atoms. The van der Waals surface area contributed by atoms with E-state index in [1.807, 2.05) is 0 Å². The molecule has 49 heavy (non-hydrogen) atoms. The molecule has 15 N–H and O–H groups in total. The highest BCUT2D eigenvalue weighted by Crippen LogP contribution is 2.12. The van der Waals surface area contributed by atoms with Gasteiger partial charge >= 0.3 is 11.9 Å². The zero-order valence-corrected chi connectivity index (χ0v) is 28.3. The fourth-order valence-electron chi connectivity index (χ4n) is 4.34. The minimum Gasteiger partial charge on any atom is -0.481 e. The third-order valence-corrected chi connectivity index (χ3v) is 7.17. The molecule has 0 aromatic heterocycles. The minimum atomic E-state index is -1.51. The predicted octanol–water partition coefficient (Wildman–Crippen LogP) is -3.66. The van der Waals surface area contributed by atoms with Gasteiger partial charge in [-0.25, -0.2) is 4.79 Å². The molecule has 0 radical (unpaired) electrons. The van der Waals surface area contributed by atoms with E-state index < -0.39 is 109 Å². The second-order valence-corrected chi connectivity index (χ2v) is 12.0. The number of carbonyl (C=O) groups is 8. The van der Waals surface area contributed by atoms with E-state index in [0.29, 0.717) is 6.42 Å². The average Bonchev–Trinajstić information content (AvgIpc) is 2.99. The van der Waals surface area contributed by atoms with Crippen molar-refractivity contribution in [1.29, 1.82) is 0 Å². The van der Waals surface area contributed by atoms with Gasteiger partial charge in [0.05, 0.1) is 19.0 Å². The van der Waals surface area contributed by atoms with Crippen LogP contribution in [0.1, 0.15) is 72.6 Å². The Morgan fingerprint density at radius 1 is 0.755 bits per heavy atom. The van der Waals surface area contributed by atoms with Crippen molar-refractivity contribution < 1.29 is 48.6 Å². The summed E-state index contributed by atoms with van der Waals surface area (Å²) in [5.74, 6) is -8.28. The van der Waals surface area contributed by atoms with Crippen LogP contribution in [0.4, 0.5) is 0 Å². The zero-order valence-electron chi connectivity index (χ0n) is 28.3. The van der Waals surface area contributed by atoms with Crippen LogP contribution in [0.3, 0.4) is 0 Å². The molecule has 20 heteroatoms. The van der Waals surface area contributed by atoms with Crippen molar-refractivity contribution in [3.63, 3.8) is 0 Å². The maximum Gasteiger partial charge on any atom is 0.326 e. The fraction of sp³-hybridized carbons (Fsp3) is 0.690. The Bertz CT molecular complexity index is 1210. The lowest BCUT2D eigenvalue weighted by molar-refractivity contribution is -0.143. The average molecular weight is 701 g/mol. The van der Waals surface area contributed by atoms with Gasteiger partial charge < -0.3 is 59.7 Å². The zero-order chi connectivity index (χ0) is 37.8. The standard InChI is InChI=1S/C29H52N10O10/c1-5-15(4)23(39-24(44)16(30)12-20(31)40)27(47)38-19(11-14(2)3)26(46)37-17(7-6-10-34-29(32)33)25(45)35-13-21(41)36-18(28(48)49)8-9-22(42)43/h14-19,23H,5-13,30H2,1-4H3,(H2,31,40)(H,35,45)(H,36,41)(H,37,46)(H,38,47)(H,39,44)(H,42,43)(H,48,49)(H4,32,33,34)/t15-,16-,17-,18-,19-,23-/m0/s1. The number of rotatable bonds is 24. The number of aliphatic carboxylic acids is 2. The highest BCUT2D eigenvalue weighted by atomic mass is 16.4. The number of hydrogen-bond donors (Lipinski definition) is 11. The molecule has 0 saturated heterocycles. The Hall–Kier alpha value is -5.01. The smallest absolute Gasteiger partial charge is 0.326 e. The Balaban J connectivity index is 5.93. The topological polar surface area (TPSA) is 354 Å². The van der Waals surface area contributed by atoms with E-state index in [0.717, 1.165) is 0 Å². The van der Waals surface area contributed by atoms with Crippen LogP contribution in [-0.2, 0) is 38.4 Å². The van der Waals surface area contributed by atoms with Crippen LogP contribution in [-0.4, -0.2) is 107 Å². The van der Waals surface area contributed by atoms with Crippen LogP contribution < -0.4 is 49.5 Å². The van der Waals surface area contributed by atoms with Crippen molar-refractivity contribution in [2.45, 2.75) is 103 Å². The number of carbonyl (C=O) groups excluding carboxylic acids is 6. The number of nitrogens with two attached hydrogens (primary N) is 4. The van der Waals surface area contributed by atoms with E-state index in [2.05, 4.69) is 31.6 Å². The lowest BCUT2D eigenvalue weighted by Gasteiger charge is -2.29. The van der Waals surface area contributed by atoms with Gasteiger partial charge in [-0.1, -0.05) is 34.1 Å². The van der Waals surface area contributed by atoms with Gasteiger partial charge in [0.1, 0.15) is 24.2 Å². The first-order chi connectivity index (χ1) is 22.8. The molecule has 278 valence electrons. The summed E-state index contributed by atoms with van der Waals surface area (Å²) in [4.78, 5) is 102. The van der Waals surface area contributed by atoms with E-state index in [-0.39, 0.29) is 37.7 Å². The Morgan fingerprint density at radius 2 is 1.37 bits per heavy atom. The van der Waals surface area contributed by atoms with Gasteiger partial charge in [-0.2, -0.15) is 0 Å². The number of guanidine groups is 1. The van der Waals surface area contributed by atoms with E-state index >= 15 is 0 Å². The number of carboxylic acids is 2. The van der Waals surface area contributed by atoms with E-state index in [9.17, 15) is 43.5 Å². The molecule has 6 amide bonds. The quantitative estimate of drug-likeness (QED) is 0.0263. The van der Waals surface area contributed by atoms with Crippen LogP contribution in [0, 0.1) is 11.8 Å². The molecule has 0 aliphatic carbocycles. The highest BCUT2D eigenvalue weighted by Gasteiger charge is 2.33. The van der Waals surface area contributed by atoms with Crippen molar-refractivity contribution in [2.24, 2.45) is 39.8 Å². The number of nitrogens with zero attached hydrogens (tertiary/aromatic N) is 1. The summed E-state index contributed by atoms with van der Waals surface area (Å²) in [5, 5.41) is 30.2. The van der Waals surface area contributed by atoms with Crippen LogP contribution in [0.15, 0.2) is 4.99 Å². The summed E-state index contributed by atoms with van der Waals surface area (Å²) < 4.78 is 0. The number of aliphatic imine (C=N–C) groups is 1. The second-order valence-electron chi connectivity index (χ2n) is 12.0. The van der Waals surface area contributed by atoms with Gasteiger partial charge in [0.2, 0.25) is 35.4 Å². The molecule has 6 atom stereocenters. The first-order valence-corrected chi connectivity index (χ1v) is 15.8. The van der Waals surface area contributed by atoms with Crippen molar-refractivity contribution in [3.8, 4) is 0 Å². The van der Waals surface area contributed by atoms with Crippen LogP contribution in [0.5, 0.6) is 0 Å². The van der Waals surface area contributed by atoms with E-state index in [4.69, 9.17) is 28.0 Å². The first-order valence-electron chi connectivity index (χ1n) is 15.8. The highest BCUT2D eigenvalue weighted by molar-refractivity contribution is 5.96. The van der Waals surface area contributed by atoms with Crippen LogP contribution >= 0.6 is 0 Å². The maximum absolute atomic E-state index is 13.5. The number of primary amides is 1. The fourth-order valence-corrected chi connectivity index (χ4v) is 4.34. The van der Waals surface area contributed by atoms with Crippen LogP contribution in [0.25, 0.3) is 0 Å². The normalized spacial score (nSPS) is 14.5. The molecule has 0 bridgehead atoms. The SMILES string of the molecule is CC[C@H](C)[C@H](NC(=O)[C@@H](N)CC(N)=O)C(=O)N[C@@H](CC(C)C)C(=O)N[C@@H](CCCN=C(N)N)C(=O)NCC(=O)N[C@@H](CCC(=O)O)C(=O)O. The molecule has 0 fully saturated rings. The first kappa shape index (κ1) is 44.0. The molecular weight excluding hydrogens is 648 g/mol. The summed E-state index contributed by atoms with van der Waals surface area (Å²) >= 11 is 0. The van der Waals surface area contributed by atoms with Gasteiger partial charge in [0, 0.05) is 13.0 Å². The maximum atomic E-state index is 13.5. The summed E-state index contributed by atoms with van der Waals surface area (Å²) in [5.41, 5.74) is 21.6. The molecule has 20 nitrogen and oxygen atoms in total. The van der Waals surface area contributed by atoms with Crippen molar-refractivity contribution >= 4 is 53.3 Å². The van der Waals surface area contributed by atoms with Gasteiger partial charge in [-0.15, -0.1) is 0 Å². The van der Waals surface area contributed by atoms with E-state index in [1.165, 1.54) is 0 Å². The van der Waals surface area contributed by atoms with Crippen LogP contribution in [0.2, 0.25) is 0 Å². The third kappa shape index (κ3) is 18.8. The van der Waals surface area contributed by atoms with Gasteiger partial charge in [0.25, 0.3) is 0 Å². The molecule has 0 aromatic carbocycles. The summed E-state index contributed by atoms with van der Waals surface area (Å²) in [7, 11) is 0. The molecular formula is C29H52N10O10. The molecule has 0 aromatic rings. The Kier molecular flexibility index (Phi) is 20.2. The van der Waals surface area contributed by atoms with Crippen molar-refractivity contribution in [3.05, 3.63) is 0 Å². The summed E-state index contributed by atoms with van der Waals surface area (Å²) in [6.45, 7) is 6.45. The lowest BCUT2D eigenvalue weighted by atomic mass is 9.96. The van der Waals surface area contributed by atoms with Gasteiger partial charge in [-0.05, 0) is 37.5 Å². The Morgan fingerprint density at radius 3 is 1.88 bits per heavy atom. The third-order valence-electron chi connectivity index (χ3n) is 7.17. The van der Waals surface area contributed by atoms with Crippen molar-refractivity contribution in [1.82, 2.24) is 26.6 Å². The van der Waals surface area contributed by atoms with Crippen molar-refractivity contribution in [2.75, 3.05) is 13.1 Å². The summed E-state index contributed by atoms with van der Waals surface area (Å²) in [6.07, 6.45) is -0.599. The number of hydrogen-bond acceptors (Lipinski definition) is 10. The molecule has 0 aliphatic heterocycles. The van der Waals surface area contributed by atoms with Gasteiger partial charge in [0.15, 0.2) is 5.96 Å². The van der Waals surface area contributed by atoms with E-state index in [1.54, 1.807) is 27.7 Å².